The Balaban J connectivity index is 1.45. The van der Waals surface area contributed by atoms with Gasteiger partial charge < -0.3 is 15.0 Å². The van der Waals surface area contributed by atoms with E-state index in [1.807, 2.05) is 25.1 Å². The third kappa shape index (κ3) is 3.80. The summed E-state index contributed by atoms with van der Waals surface area (Å²) < 4.78 is 6.90. The number of amides is 1. The average molecular weight is 385 g/mol. The van der Waals surface area contributed by atoms with Crippen molar-refractivity contribution in [3.05, 3.63) is 40.3 Å². The molecule has 2 saturated heterocycles. The number of rotatable bonds is 4. The third-order valence-electron chi connectivity index (χ3n) is 5.75. The SMILES string of the molecule is Cc1nn(CC(=O)N[C@H]2COC[C@@H]2N2CCN(C)CC2)c(=O)c2ccccc12. The van der Waals surface area contributed by atoms with E-state index in [2.05, 4.69) is 27.3 Å². The molecule has 150 valence electrons. The summed E-state index contributed by atoms with van der Waals surface area (Å²) in [6.45, 7) is 6.88. The van der Waals surface area contributed by atoms with Gasteiger partial charge in [-0.15, -0.1) is 0 Å². The molecular weight excluding hydrogens is 358 g/mol. The molecule has 0 unspecified atom stereocenters. The number of likely N-dealkylation sites (N-methyl/N-ethyl adjacent to an activating group) is 1. The van der Waals surface area contributed by atoms with Gasteiger partial charge in [-0.1, -0.05) is 18.2 Å². The number of ether oxygens (including phenoxy) is 1. The molecule has 2 atom stereocenters. The molecule has 2 fully saturated rings. The second-order valence-corrected chi connectivity index (χ2v) is 7.71. The van der Waals surface area contributed by atoms with E-state index in [-0.39, 0.29) is 30.1 Å². The van der Waals surface area contributed by atoms with Crippen molar-refractivity contribution in [2.45, 2.75) is 25.6 Å². The van der Waals surface area contributed by atoms with Gasteiger partial charge in [-0.05, 0) is 20.0 Å². The van der Waals surface area contributed by atoms with E-state index in [9.17, 15) is 9.59 Å². The second kappa shape index (κ2) is 7.98. The minimum Gasteiger partial charge on any atom is -0.378 e. The van der Waals surface area contributed by atoms with Gasteiger partial charge in [0.1, 0.15) is 6.54 Å². The maximum absolute atomic E-state index is 12.7. The molecular formula is C20H27N5O3. The van der Waals surface area contributed by atoms with Crippen molar-refractivity contribution in [1.82, 2.24) is 24.9 Å². The Hall–Kier alpha value is -2.29. The van der Waals surface area contributed by atoms with Crippen LogP contribution in [0.4, 0.5) is 0 Å². The first-order chi connectivity index (χ1) is 13.5. The molecule has 2 aliphatic heterocycles. The molecule has 0 spiro atoms. The number of benzene rings is 1. The van der Waals surface area contributed by atoms with Gasteiger partial charge in [0, 0.05) is 31.6 Å². The monoisotopic (exact) mass is 385 g/mol. The number of fused-ring (bicyclic) bond motifs is 1. The molecule has 0 bridgehead atoms. The van der Waals surface area contributed by atoms with Crippen LogP contribution in [0.1, 0.15) is 5.69 Å². The van der Waals surface area contributed by atoms with Crippen LogP contribution in [0, 0.1) is 6.92 Å². The minimum absolute atomic E-state index is 0.0619. The van der Waals surface area contributed by atoms with Crippen molar-refractivity contribution in [2.24, 2.45) is 0 Å². The molecule has 2 aromatic rings. The van der Waals surface area contributed by atoms with Crippen LogP contribution in [0.15, 0.2) is 29.1 Å². The first kappa shape index (κ1) is 19.0. The highest BCUT2D eigenvalue weighted by atomic mass is 16.5. The number of aryl methyl sites for hydroxylation is 1. The van der Waals surface area contributed by atoms with Crippen LogP contribution in [-0.4, -0.2) is 84.0 Å². The lowest BCUT2D eigenvalue weighted by atomic mass is 10.1. The number of nitrogens with zero attached hydrogens (tertiary/aromatic N) is 4. The third-order valence-corrected chi connectivity index (χ3v) is 5.75. The van der Waals surface area contributed by atoms with Crippen molar-refractivity contribution in [3.63, 3.8) is 0 Å². The fourth-order valence-electron chi connectivity index (χ4n) is 4.09. The van der Waals surface area contributed by atoms with Crippen molar-refractivity contribution in [2.75, 3.05) is 46.4 Å². The van der Waals surface area contributed by atoms with E-state index in [1.54, 1.807) is 6.07 Å². The molecule has 1 aromatic heterocycles. The van der Waals surface area contributed by atoms with E-state index < -0.39 is 0 Å². The lowest BCUT2D eigenvalue weighted by Crippen LogP contribution is -2.56. The Morgan fingerprint density at radius 3 is 2.64 bits per heavy atom. The summed E-state index contributed by atoms with van der Waals surface area (Å²) in [5, 5.41) is 8.80. The van der Waals surface area contributed by atoms with Gasteiger partial charge >= 0.3 is 0 Å². The highest BCUT2D eigenvalue weighted by molar-refractivity contribution is 5.83. The molecule has 2 aliphatic rings. The largest absolute Gasteiger partial charge is 0.378 e. The topological polar surface area (TPSA) is 79.7 Å². The van der Waals surface area contributed by atoms with E-state index in [4.69, 9.17) is 4.74 Å². The number of carbonyl (C=O) groups excluding carboxylic acids is 1. The Morgan fingerprint density at radius 2 is 1.89 bits per heavy atom. The fraction of sp³-hybridized carbons (Fsp3) is 0.550. The van der Waals surface area contributed by atoms with Gasteiger partial charge in [-0.2, -0.15) is 5.10 Å². The van der Waals surface area contributed by atoms with Crippen molar-refractivity contribution in [3.8, 4) is 0 Å². The van der Waals surface area contributed by atoms with Gasteiger partial charge in [0.25, 0.3) is 5.56 Å². The van der Waals surface area contributed by atoms with Crippen LogP contribution in [0.3, 0.4) is 0 Å². The number of carbonyl (C=O) groups is 1. The Labute approximate surface area is 164 Å². The Morgan fingerprint density at radius 1 is 1.18 bits per heavy atom. The molecule has 28 heavy (non-hydrogen) atoms. The average Bonchev–Trinajstić information content (AvgIpc) is 3.14. The number of aromatic nitrogens is 2. The number of nitrogens with one attached hydrogen (secondary N) is 1. The smallest absolute Gasteiger partial charge is 0.275 e. The summed E-state index contributed by atoms with van der Waals surface area (Å²) in [6, 6.07) is 7.47. The standard InChI is InChI=1S/C20H27N5O3/c1-14-15-5-3-4-6-16(15)20(27)25(22-14)11-19(26)21-17-12-28-13-18(17)24-9-7-23(2)8-10-24/h3-6,17-18H,7-13H2,1-2H3,(H,21,26)/t17-,18-/m0/s1. The normalized spacial score (nSPS) is 23.9. The lowest BCUT2D eigenvalue weighted by molar-refractivity contribution is -0.123. The van der Waals surface area contributed by atoms with Crippen LogP contribution in [0.2, 0.25) is 0 Å². The molecule has 8 heteroatoms. The van der Waals surface area contributed by atoms with Crippen LogP contribution in [0.5, 0.6) is 0 Å². The van der Waals surface area contributed by atoms with E-state index in [0.717, 1.165) is 37.3 Å². The van der Waals surface area contributed by atoms with Crippen molar-refractivity contribution in [1.29, 1.82) is 0 Å². The predicted molar refractivity (Wildman–Crippen MR) is 106 cm³/mol. The number of hydrogen-bond donors (Lipinski definition) is 1. The minimum atomic E-state index is -0.241. The zero-order chi connectivity index (χ0) is 19.7. The second-order valence-electron chi connectivity index (χ2n) is 7.71. The quantitative estimate of drug-likeness (QED) is 0.788. The van der Waals surface area contributed by atoms with Crippen LogP contribution in [0.25, 0.3) is 10.8 Å². The number of hydrogen-bond acceptors (Lipinski definition) is 6. The molecule has 4 rings (SSSR count). The summed E-state index contributed by atoms with van der Waals surface area (Å²) in [4.78, 5) is 30.0. The molecule has 1 N–H and O–H groups in total. The molecule has 3 heterocycles. The first-order valence-corrected chi connectivity index (χ1v) is 9.79. The maximum Gasteiger partial charge on any atom is 0.275 e. The van der Waals surface area contributed by atoms with Crippen LogP contribution in [-0.2, 0) is 16.1 Å². The van der Waals surface area contributed by atoms with Crippen LogP contribution < -0.4 is 10.9 Å². The predicted octanol–water partition coefficient (Wildman–Crippen LogP) is -0.164. The molecule has 0 aliphatic carbocycles. The summed E-state index contributed by atoms with van der Waals surface area (Å²) >= 11 is 0. The summed E-state index contributed by atoms with van der Waals surface area (Å²) in [7, 11) is 2.12. The Kier molecular flexibility index (Phi) is 5.43. The van der Waals surface area contributed by atoms with Gasteiger partial charge in [0.2, 0.25) is 5.91 Å². The van der Waals surface area contributed by atoms with Gasteiger partial charge in [-0.3, -0.25) is 14.5 Å². The van der Waals surface area contributed by atoms with E-state index >= 15 is 0 Å². The first-order valence-electron chi connectivity index (χ1n) is 9.79. The Bertz CT molecular complexity index is 920. The summed E-state index contributed by atoms with van der Waals surface area (Å²) in [5.41, 5.74) is 0.497. The zero-order valence-corrected chi connectivity index (χ0v) is 16.4. The molecule has 8 nitrogen and oxygen atoms in total. The van der Waals surface area contributed by atoms with E-state index in [1.165, 1.54) is 4.68 Å². The molecule has 1 aromatic carbocycles. The lowest BCUT2D eigenvalue weighted by Gasteiger charge is -2.38. The van der Waals surface area contributed by atoms with Gasteiger partial charge in [-0.25, -0.2) is 4.68 Å². The summed E-state index contributed by atoms with van der Waals surface area (Å²) in [6.07, 6.45) is 0. The maximum atomic E-state index is 12.7. The highest BCUT2D eigenvalue weighted by Crippen LogP contribution is 2.16. The molecule has 0 radical (unpaired) electrons. The van der Waals surface area contributed by atoms with Crippen molar-refractivity contribution >= 4 is 16.7 Å². The molecule has 0 saturated carbocycles. The van der Waals surface area contributed by atoms with Gasteiger partial charge in [0.05, 0.1) is 36.4 Å². The van der Waals surface area contributed by atoms with Crippen LogP contribution >= 0.6 is 0 Å². The highest BCUT2D eigenvalue weighted by Gasteiger charge is 2.35. The van der Waals surface area contributed by atoms with E-state index in [0.29, 0.717) is 18.6 Å². The summed E-state index contributed by atoms with van der Waals surface area (Å²) in [5.74, 6) is -0.209. The van der Waals surface area contributed by atoms with Crippen molar-refractivity contribution < 1.29 is 9.53 Å². The zero-order valence-electron chi connectivity index (χ0n) is 16.4. The molecule has 1 amide bonds. The number of piperazine rings is 1. The van der Waals surface area contributed by atoms with Gasteiger partial charge in [0.15, 0.2) is 0 Å². The fourth-order valence-corrected chi connectivity index (χ4v) is 4.09.